The number of nitrogens with two attached hydrogens (primary N) is 1. The quantitative estimate of drug-likeness (QED) is 0.214. The van der Waals surface area contributed by atoms with E-state index < -0.39 is 5.91 Å². The van der Waals surface area contributed by atoms with E-state index in [-0.39, 0.29) is 17.3 Å². The lowest BCUT2D eigenvalue weighted by atomic mass is 10.1. The molecule has 1 aliphatic heterocycles. The molecular weight excluding hydrogens is 528 g/mol. The third-order valence-electron chi connectivity index (χ3n) is 6.86. The van der Waals surface area contributed by atoms with Crippen LogP contribution in [-0.2, 0) is 13.2 Å². The number of nitrogen functional groups attached to an aromatic ring is 1. The van der Waals surface area contributed by atoms with Crippen LogP contribution in [0.4, 0.5) is 5.82 Å². The Balaban J connectivity index is 1.28. The fraction of sp³-hybridized carbons (Fsp3) is 0.333. The Morgan fingerprint density at radius 1 is 1.15 bits per heavy atom. The molecule has 2 aromatic carbocycles. The molecule has 3 heterocycles. The van der Waals surface area contributed by atoms with E-state index in [0.29, 0.717) is 35.9 Å². The molecule has 1 saturated heterocycles. The van der Waals surface area contributed by atoms with Crippen molar-refractivity contribution in [3.63, 3.8) is 0 Å². The molecule has 2 aromatic heterocycles. The Morgan fingerprint density at radius 3 is 2.68 bits per heavy atom. The molecule has 1 amide bonds. The minimum absolute atomic E-state index is 0.0415. The van der Waals surface area contributed by atoms with Gasteiger partial charge in [-0.2, -0.15) is 9.78 Å². The van der Waals surface area contributed by atoms with Crippen molar-refractivity contribution in [1.29, 1.82) is 0 Å². The number of piperazine rings is 1. The number of likely N-dealkylation sites (N-methyl/N-ethyl adjacent to an activating group) is 1. The van der Waals surface area contributed by atoms with Gasteiger partial charge < -0.3 is 20.1 Å². The van der Waals surface area contributed by atoms with Crippen molar-refractivity contribution in [2.75, 3.05) is 46.1 Å². The monoisotopic (exact) mass is 560 g/mol. The fourth-order valence-corrected chi connectivity index (χ4v) is 4.38. The average Bonchev–Trinajstić information content (AvgIpc) is 3.59. The van der Waals surface area contributed by atoms with Crippen LogP contribution in [-0.4, -0.2) is 87.6 Å². The van der Waals surface area contributed by atoms with Gasteiger partial charge in [0.2, 0.25) is 11.6 Å². The number of methoxy groups -OCH3 is 1. The number of carbonyl (C=O) groups excluding carboxylic acids is 1. The first-order valence-electron chi connectivity index (χ1n) is 13.1. The Bertz CT molecular complexity index is 1520. The summed E-state index contributed by atoms with van der Waals surface area (Å²) >= 11 is 0. The number of hydrogen-bond acceptors (Lipinski definition) is 12. The molecule has 41 heavy (non-hydrogen) atoms. The zero-order chi connectivity index (χ0) is 28.8. The van der Waals surface area contributed by atoms with Crippen molar-refractivity contribution in [3.8, 4) is 17.3 Å². The van der Waals surface area contributed by atoms with Crippen LogP contribution in [0.15, 0.2) is 52.2 Å². The molecule has 0 aliphatic carbocycles. The molecule has 3 N–H and O–H groups in total. The Hall–Kier alpha value is -4.82. The molecule has 1 aliphatic rings. The minimum atomic E-state index is -0.531. The van der Waals surface area contributed by atoms with E-state index in [0.717, 1.165) is 37.3 Å². The van der Waals surface area contributed by atoms with E-state index in [1.54, 1.807) is 19.2 Å². The number of ether oxygens (including phenoxy) is 2. The van der Waals surface area contributed by atoms with Gasteiger partial charge in [0, 0.05) is 32.7 Å². The van der Waals surface area contributed by atoms with Gasteiger partial charge in [-0.3, -0.25) is 9.69 Å². The lowest BCUT2D eigenvalue weighted by Gasteiger charge is -2.32. The normalized spacial score (nSPS) is 14.4. The molecule has 0 atom stereocenters. The topological polar surface area (TPSA) is 162 Å². The molecule has 0 radical (unpaired) electrons. The predicted molar refractivity (Wildman–Crippen MR) is 150 cm³/mol. The first-order chi connectivity index (χ1) is 19.9. The van der Waals surface area contributed by atoms with Crippen LogP contribution in [0, 0.1) is 6.92 Å². The van der Waals surface area contributed by atoms with Crippen LogP contribution in [0.25, 0.3) is 5.82 Å². The van der Waals surface area contributed by atoms with Gasteiger partial charge in [0.05, 0.1) is 19.0 Å². The number of anilines is 1. The van der Waals surface area contributed by atoms with Crippen molar-refractivity contribution in [1.82, 2.24) is 40.5 Å². The second-order valence-corrected chi connectivity index (χ2v) is 9.67. The van der Waals surface area contributed by atoms with Gasteiger partial charge in [-0.25, -0.2) is 10.1 Å². The summed E-state index contributed by atoms with van der Waals surface area (Å²) in [6.45, 7) is 6.31. The van der Waals surface area contributed by atoms with E-state index >= 15 is 0 Å². The zero-order valence-corrected chi connectivity index (χ0v) is 23.1. The number of aromatic nitrogens is 5. The van der Waals surface area contributed by atoms with Gasteiger partial charge in [-0.15, -0.1) is 5.10 Å². The molecule has 4 aromatic rings. The number of aryl methyl sites for hydroxylation is 1. The van der Waals surface area contributed by atoms with E-state index in [2.05, 4.69) is 48.0 Å². The van der Waals surface area contributed by atoms with Crippen LogP contribution in [0.2, 0.25) is 0 Å². The first kappa shape index (κ1) is 27.7. The highest BCUT2D eigenvalue weighted by molar-refractivity contribution is 5.94. The molecule has 0 bridgehead atoms. The molecule has 5 rings (SSSR count). The van der Waals surface area contributed by atoms with Crippen LogP contribution < -0.4 is 20.6 Å². The SMILES string of the molecule is COc1cc(C=NNC(=O)c2nnn(-c3nonc3N)c2CN2CCN(C)CC2)ccc1OCc1ccccc1C. The maximum absolute atomic E-state index is 13.1. The number of rotatable bonds is 10. The van der Waals surface area contributed by atoms with Gasteiger partial charge >= 0.3 is 0 Å². The number of hydrazone groups is 1. The predicted octanol–water partition coefficient (Wildman–Crippen LogP) is 1.64. The lowest BCUT2D eigenvalue weighted by Crippen LogP contribution is -2.44. The number of amides is 1. The zero-order valence-electron chi connectivity index (χ0n) is 23.1. The van der Waals surface area contributed by atoms with E-state index in [1.165, 1.54) is 10.9 Å². The standard InChI is InChI=1S/C27H32N10O4/c1-18-6-4-5-7-20(18)17-40-22-9-8-19(14-23(22)39-3)15-29-31-27(38)24-21(16-36-12-10-35(2)11-13-36)37(34-30-24)26-25(28)32-41-33-26/h4-9,14-15H,10-13,16-17H2,1-3H3,(H2,28,32)(H,31,38). The number of carbonyl (C=O) groups is 1. The Kier molecular flexibility index (Phi) is 8.50. The molecule has 14 nitrogen and oxygen atoms in total. The summed E-state index contributed by atoms with van der Waals surface area (Å²) in [5.41, 5.74) is 12.0. The molecule has 14 heteroatoms. The molecule has 214 valence electrons. The third-order valence-corrected chi connectivity index (χ3v) is 6.86. The van der Waals surface area contributed by atoms with Gasteiger partial charge in [-0.1, -0.05) is 29.5 Å². The lowest BCUT2D eigenvalue weighted by molar-refractivity contribution is 0.0946. The average molecular weight is 561 g/mol. The highest BCUT2D eigenvalue weighted by Crippen LogP contribution is 2.28. The highest BCUT2D eigenvalue weighted by Gasteiger charge is 2.26. The summed E-state index contributed by atoms with van der Waals surface area (Å²) in [7, 11) is 3.64. The molecule has 0 spiro atoms. The van der Waals surface area contributed by atoms with E-state index in [4.69, 9.17) is 19.8 Å². The van der Waals surface area contributed by atoms with Gasteiger partial charge in [-0.05, 0) is 59.2 Å². The van der Waals surface area contributed by atoms with Gasteiger partial charge in [0.15, 0.2) is 17.2 Å². The number of nitrogens with zero attached hydrogens (tertiary/aromatic N) is 8. The first-order valence-corrected chi connectivity index (χ1v) is 13.1. The third kappa shape index (κ3) is 6.50. The summed E-state index contributed by atoms with van der Waals surface area (Å²) in [6.07, 6.45) is 1.51. The molecule has 0 saturated carbocycles. The van der Waals surface area contributed by atoms with Gasteiger partial charge in [0.25, 0.3) is 5.91 Å². The van der Waals surface area contributed by atoms with Crippen LogP contribution in [0.5, 0.6) is 11.5 Å². The summed E-state index contributed by atoms with van der Waals surface area (Å²) in [4.78, 5) is 17.6. The second-order valence-electron chi connectivity index (χ2n) is 9.67. The summed E-state index contributed by atoms with van der Waals surface area (Å²) in [5.74, 6) is 0.825. The smallest absolute Gasteiger partial charge is 0.293 e. The summed E-state index contributed by atoms with van der Waals surface area (Å²) in [5, 5.41) is 19.8. The summed E-state index contributed by atoms with van der Waals surface area (Å²) < 4.78 is 17.6. The number of benzene rings is 2. The number of hydrogen-bond donors (Lipinski definition) is 2. The minimum Gasteiger partial charge on any atom is -0.493 e. The van der Waals surface area contributed by atoms with E-state index in [1.807, 2.05) is 37.3 Å². The molecule has 0 unspecified atom stereocenters. The van der Waals surface area contributed by atoms with Crippen molar-refractivity contribution in [2.45, 2.75) is 20.1 Å². The van der Waals surface area contributed by atoms with Crippen molar-refractivity contribution in [3.05, 3.63) is 70.5 Å². The fourth-order valence-electron chi connectivity index (χ4n) is 4.38. The van der Waals surface area contributed by atoms with Crippen LogP contribution in [0.3, 0.4) is 0 Å². The second kappa shape index (κ2) is 12.6. The number of nitrogens with one attached hydrogen (secondary N) is 1. The summed E-state index contributed by atoms with van der Waals surface area (Å²) in [6, 6.07) is 13.4. The molecule has 1 fully saturated rings. The van der Waals surface area contributed by atoms with Gasteiger partial charge in [0.1, 0.15) is 6.61 Å². The van der Waals surface area contributed by atoms with E-state index in [9.17, 15) is 4.79 Å². The Labute approximate surface area is 236 Å². The maximum Gasteiger partial charge on any atom is 0.293 e. The van der Waals surface area contributed by atoms with Crippen molar-refractivity contribution < 1.29 is 18.9 Å². The van der Waals surface area contributed by atoms with Crippen molar-refractivity contribution in [2.24, 2.45) is 5.10 Å². The maximum atomic E-state index is 13.1. The van der Waals surface area contributed by atoms with Crippen LogP contribution >= 0.6 is 0 Å². The van der Waals surface area contributed by atoms with Crippen molar-refractivity contribution >= 4 is 17.9 Å². The Morgan fingerprint density at radius 2 is 1.95 bits per heavy atom. The van der Waals surface area contributed by atoms with Crippen LogP contribution in [0.1, 0.15) is 32.9 Å². The largest absolute Gasteiger partial charge is 0.493 e. The highest BCUT2D eigenvalue weighted by atomic mass is 16.6. The molecular formula is C27H32N10O4.